The Morgan fingerprint density at radius 2 is 2.36 bits per heavy atom. The van der Waals surface area contributed by atoms with Crippen LogP contribution in [-0.2, 0) is 11.3 Å². The molecule has 0 aromatic carbocycles. The zero-order chi connectivity index (χ0) is 15.9. The number of esters is 1. The molecule has 6 nitrogen and oxygen atoms in total. The maximum atomic E-state index is 11.6. The summed E-state index contributed by atoms with van der Waals surface area (Å²) in [7, 11) is 3.10. The normalized spacial score (nSPS) is 18.3. The van der Waals surface area contributed by atoms with Gasteiger partial charge in [-0.2, -0.15) is 11.8 Å². The number of nitrogens with zero attached hydrogens (tertiary/aromatic N) is 1. The number of furan rings is 1. The largest absolute Gasteiger partial charge is 0.465 e. The first-order valence-corrected chi connectivity index (χ1v) is 8.42. The van der Waals surface area contributed by atoms with Crippen LogP contribution in [0.4, 0.5) is 0 Å². The molecule has 1 aliphatic rings. The number of guanidine groups is 1. The van der Waals surface area contributed by atoms with E-state index in [2.05, 4.69) is 15.6 Å². The van der Waals surface area contributed by atoms with Crippen molar-refractivity contribution >= 4 is 23.7 Å². The smallest absolute Gasteiger partial charge is 0.341 e. The highest BCUT2D eigenvalue weighted by molar-refractivity contribution is 8.00. The van der Waals surface area contributed by atoms with Crippen molar-refractivity contribution < 1.29 is 13.9 Å². The maximum Gasteiger partial charge on any atom is 0.341 e. The van der Waals surface area contributed by atoms with E-state index < -0.39 is 0 Å². The summed E-state index contributed by atoms with van der Waals surface area (Å²) in [6, 6.07) is 1.70. The van der Waals surface area contributed by atoms with Crippen LogP contribution in [-0.4, -0.2) is 43.6 Å². The van der Waals surface area contributed by atoms with E-state index >= 15 is 0 Å². The molecule has 1 aromatic heterocycles. The van der Waals surface area contributed by atoms with Crippen LogP contribution >= 0.6 is 11.8 Å². The van der Waals surface area contributed by atoms with Gasteiger partial charge in [0.25, 0.3) is 0 Å². The summed E-state index contributed by atoms with van der Waals surface area (Å²) in [6.07, 6.45) is 2.56. The van der Waals surface area contributed by atoms with Gasteiger partial charge in [-0.15, -0.1) is 0 Å². The average Bonchev–Trinajstić information content (AvgIpc) is 3.16. The Kier molecular flexibility index (Phi) is 6.18. The van der Waals surface area contributed by atoms with Gasteiger partial charge < -0.3 is 19.8 Å². The Morgan fingerprint density at radius 3 is 3.00 bits per heavy atom. The molecule has 1 unspecified atom stereocenters. The second-order valence-corrected chi connectivity index (χ2v) is 6.52. The number of aliphatic imine (C=N–C) groups is 1. The van der Waals surface area contributed by atoms with Crippen molar-refractivity contribution in [3.05, 3.63) is 23.2 Å². The number of hydrogen-bond acceptors (Lipinski definition) is 5. The number of rotatable bonds is 5. The fourth-order valence-corrected chi connectivity index (χ4v) is 3.55. The van der Waals surface area contributed by atoms with Crippen LogP contribution in [0.15, 0.2) is 15.5 Å². The van der Waals surface area contributed by atoms with Crippen LogP contribution in [0.25, 0.3) is 0 Å². The number of carbonyl (C=O) groups excluding carboxylic acids is 1. The van der Waals surface area contributed by atoms with E-state index in [-0.39, 0.29) is 5.97 Å². The van der Waals surface area contributed by atoms with E-state index in [1.54, 1.807) is 20.0 Å². The first-order valence-electron chi connectivity index (χ1n) is 7.37. The minimum Gasteiger partial charge on any atom is -0.465 e. The van der Waals surface area contributed by atoms with Gasteiger partial charge in [0.1, 0.15) is 17.1 Å². The molecule has 0 aliphatic carbocycles. The Labute approximate surface area is 135 Å². The molecule has 0 bridgehead atoms. The number of ether oxygens (including phenoxy) is 1. The number of methoxy groups -OCH3 is 1. The first-order chi connectivity index (χ1) is 10.6. The molecule has 122 valence electrons. The number of carbonyl (C=O) groups is 1. The van der Waals surface area contributed by atoms with Crippen molar-refractivity contribution in [1.29, 1.82) is 0 Å². The van der Waals surface area contributed by atoms with Crippen molar-refractivity contribution in [2.75, 3.05) is 26.5 Å². The number of aryl methyl sites for hydroxylation is 1. The molecule has 2 rings (SSSR count). The molecule has 1 atom stereocenters. The van der Waals surface area contributed by atoms with Gasteiger partial charge in [-0.25, -0.2) is 4.79 Å². The second-order valence-electron chi connectivity index (χ2n) is 5.12. The van der Waals surface area contributed by atoms with E-state index in [0.29, 0.717) is 28.9 Å². The molecular formula is C15H23N3O3S. The van der Waals surface area contributed by atoms with E-state index in [0.717, 1.165) is 12.5 Å². The van der Waals surface area contributed by atoms with Crippen LogP contribution in [0.2, 0.25) is 0 Å². The summed E-state index contributed by atoms with van der Waals surface area (Å²) in [6.45, 7) is 3.13. The lowest BCUT2D eigenvalue weighted by atomic mass is 10.2. The first kappa shape index (κ1) is 16.7. The lowest BCUT2D eigenvalue weighted by molar-refractivity contribution is 0.0599. The van der Waals surface area contributed by atoms with E-state index in [4.69, 9.17) is 9.15 Å². The summed E-state index contributed by atoms with van der Waals surface area (Å²) in [5.41, 5.74) is 0.463. The van der Waals surface area contributed by atoms with Crippen molar-refractivity contribution in [2.45, 2.75) is 31.6 Å². The van der Waals surface area contributed by atoms with Gasteiger partial charge in [0.05, 0.1) is 13.7 Å². The SMILES string of the molecule is CN=C(NCc1cc(C(=O)OC)c(C)o1)NCC1CCCS1. The van der Waals surface area contributed by atoms with Gasteiger partial charge >= 0.3 is 5.97 Å². The lowest BCUT2D eigenvalue weighted by Gasteiger charge is -2.14. The van der Waals surface area contributed by atoms with Crippen LogP contribution in [0.1, 0.15) is 34.7 Å². The molecule has 1 fully saturated rings. The Hall–Kier alpha value is -1.63. The molecule has 0 spiro atoms. The highest BCUT2D eigenvalue weighted by atomic mass is 32.2. The fraction of sp³-hybridized carbons (Fsp3) is 0.600. The number of nitrogens with one attached hydrogen (secondary N) is 2. The van der Waals surface area contributed by atoms with Gasteiger partial charge in [-0.05, 0) is 31.6 Å². The monoisotopic (exact) mass is 325 g/mol. The molecule has 2 N–H and O–H groups in total. The van der Waals surface area contributed by atoms with Gasteiger partial charge in [-0.1, -0.05) is 0 Å². The fourth-order valence-electron chi connectivity index (χ4n) is 2.35. The molecule has 0 radical (unpaired) electrons. The summed E-state index contributed by atoms with van der Waals surface area (Å²) in [5.74, 6) is 2.85. The van der Waals surface area contributed by atoms with Crippen LogP contribution in [0.3, 0.4) is 0 Å². The molecule has 0 amide bonds. The van der Waals surface area contributed by atoms with Gasteiger partial charge in [0.2, 0.25) is 0 Å². The molecule has 0 saturated carbocycles. The minimum atomic E-state index is -0.381. The molecule has 1 saturated heterocycles. The zero-order valence-electron chi connectivity index (χ0n) is 13.3. The molecule has 22 heavy (non-hydrogen) atoms. The van der Waals surface area contributed by atoms with Crippen molar-refractivity contribution in [1.82, 2.24) is 10.6 Å². The van der Waals surface area contributed by atoms with Crippen molar-refractivity contribution in [3.63, 3.8) is 0 Å². The standard InChI is InChI=1S/C15H23N3O3S/c1-10-13(14(19)20-3)7-11(21-10)8-17-15(16-2)18-9-12-5-4-6-22-12/h7,12H,4-6,8-9H2,1-3H3,(H2,16,17,18). The predicted molar refractivity (Wildman–Crippen MR) is 88.5 cm³/mol. The Balaban J connectivity index is 1.83. The molecule has 7 heteroatoms. The Morgan fingerprint density at radius 1 is 1.55 bits per heavy atom. The van der Waals surface area contributed by atoms with E-state index in [1.807, 2.05) is 11.8 Å². The summed E-state index contributed by atoms with van der Waals surface area (Å²) >= 11 is 2.01. The molecular weight excluding hydrogens is 302 g/mol. The minimum absolute atomic E-state index is 0.381. The highest BCUT2D eigenvalue weighted by Gasteiger charge is 2.17. The number of thioether (sulfide) groups is 1. The molecule has 1 aromatic rings. The second kappa shape index (κ2) is 8.12. The van der Waals surface area contributed by atoms with Gasteiger partial charge in [0, 0.05) is 18.8 Å². The van der Waals surface area contributed by atoms with Crippen LogP contribution < -0.4 is 10.6 Å². The topological polar surface area (TPSA) is 75.9 Å². The maximum absolute atomic E-state index is 11.6. The Bertz CT molecular complexity index is 536. The van der Waals surface area contributed by atoms with E-state index in [9.17, 15) is 4.79 Å². The van der Waals surface area contributed by atoms with Crippen molar-refractivity contribution in [3.8, 4) is 0 Å². The quantitative estimate of drug-likeness (QED) is 0.489. The summed E-state index contributed by atoms with van der Waals surface area (Å²) < 4.78 is 10.3. The van der Waals surface area contributed by atoms with Crippen LogP contribution in [0.5, 0.6) is 0 Å². The number of hydrogen-bond donors (Lipinski definition) is 2. The van der Waals surface area contributed by atoms with Gasteiger partial charge in [0.15, 0.2) is 5.96 Å². The average molecular weight is 325 g/mol. The highest BCUT2D eigenvalue weighted by Crippen LogP contribution is 2.25. The van der Waals surface area contributed by atoms with E-state index in [1.165, 1.54) is 25.7 Å². The predicted octanol–water partition coefficient (Wildman–Crippen LogP) is 1.94. The summed E-state index contributed by atoms with van der Waals surface area (Å²) in [4.78, 5) is 15.7. The molecule has 2 heterocycles. The summed E-state index contributed by atoms with van der Waals surface area (Å²) in [5, 5.41) is 7.17. The third kappa shape index (κ3) is 4.43. The van der Waals surface area contributed by atoms with Crippen LogP contribution in [0, 0.1) is 6.92 Å². The lowest BCUT2D eigenvalue weighted by Crippen LogP contribution is -2.39. The van der Waals surface area contributed by atoms with Crippen molar-refractivity contribution in [2.24, 2.45) is 4.99 Å². The third-order valence-corrected chi connectivity index (χ3v) is 4.95. The third-order valence-electron chi connectivity index (χ3n) is 3.55. The van der Waals surface area contributed by atoms with Gasteiger partial charge in [-0.3, -0.25) is 4.99 Å². The molecule has 1 aliphatic heterocycles. The zero-order valence-corrected chi connectivity index (χ0v) is 14.1.